The average molecular weight is 364 g/mol. The van der Waals surface area contributed by atoms with Crippen molar-refractivity contribution in [2.45, 2.75) is 93.5 Å². The van der Waals surface area contributed by atoms with Crippen LogP contribution < -0.4 is 5.32 Å². The monoisotopic (exact) mass is 365 g/mol. The first-order valence-corrected chi connectivity index (χ1v) is 11.2. The van der Waals surface area contributed by atoms with Crippen molar-refractivity contribution < 1.29 is 15.0 Å². The van der Waals surface area contributed by atoms with Gasteiger partial charge in [0.1, 0.15) is 0 Å². The van der Waals surface area contributed by atoms with Crippen LogP contribution >= 0.6 is 0 Å². The summed E-state index contributed by atoms with van der Waals surface area (Å²) in [5, 5.41) is 20.9. The van der Waals surface area contributed by atoms with E-state index in [-0.39, 0.29) is 15.0 Å². The van der Waals surface area contributed by atoms with Gasteiger partial charge in [-0.3, -0.25) is 0 Å². The second-order valence-electron chi connectivity index (χ2n) is 6.15. The molecule has 124 valence electrons. The van der Waals surface area contributed by atoms with E-state index in [1.165, 1.54) is 64.2 Å². The van der Waals surface area contributed by atoms with Crippen LogP contribution in [-0.4, -0.2) is 49.3 Å². The van der Waals surface area contributed by atoms with Crippen molar-refractivity contribution in [1.29, 1.82) is 0 Å². The Morgan fingerprint density at radius 3 is 1.76 bits per heavy atom. The summed E-state index contributed by atoms with van der Waals surface area (Å²) in [5.41, 5.74) is 0. The standard InChI is InChI=1S/C12H23N.C4H8O3Se/c1-3-7-11(8-4-1)13-12-9-5-2-6-10-12;1-8-2-3(5)4(6)7/h11-13H,1-10H2;3,5H,2H2,1H3,(H,6,7). The van der Waals surface area contributed by atoms with Crippen LogP contribution in [0.1, 0.15) is 64.2 Å². The minimum atomic E-state index is -1.14. The van der Waals surface area contributed by atoms with Crippen molar-refractivity contribution in [3.05, 3.63) is 0 Å². The van der Waals surface area contributed by atoms with Gasteiger partial charge in [-0.25, -0.2) is 0 Å². The van der Waals surface area contributed by atoms with E-state index < -0.39 is 12.1 Å². The summed E-state index contributed by atoms with van der Waals surface area (Å²) < 4.78 is 0. The first kappa shape index (κ1) is 19.0. The topological polar surface area (TPSA) is 69.6 Å². The molecular weight excluding hydrogens is 333 g/mol. The molecule has 1 atom stereocenters. The number of carboxylic acids is 1. The molecule has 2 aliphatic rings. The molecule has 0 bridgehead atoms. The van der Waals surface area contributed by atoms with Crippen molar-refractivity contribution in [2.24, 2.45) is 0 Å². The molecule has 0 aliphatic heterocycles. The van der Waals surface area contributed by atoms with Crippen LogP contribution in [0.25, 0.3) is 0 Å². The van der Waals surface area contributed by atoms with Crippen LogP contribution in [0.15, 0.2) is 0 Å². The summed E-state index contributed by atoms with van der Waals surface area (Å²) in [6.07, 6.45) is 13.4. The molecule has 1 unspecified atom stereocenters. The molecule has 0 saturated heterocycles. The van der Waals surface area contributed by atoms with Crippen molar-refractivity contribution in [3.8, 4) is 0 Å². The molecule has 0 aromatic rings. The van der Waals surface area contributed by atoms with E-state index in [1.54, 1.807) is 0 Å². The van der Waals surface area contributed by atoms with Crippen LogP contribution in [0.3, 0.4) is 0 Å². The van der Waals surface area contributed by atoms with Gasteiger partial charge in [0.05, 0.1) is 0 Å². The van der Waals surface area contributed by atoms with E-state index in [1.807, 2.05) is 5.82 Å². The third-order valence-corrected chi connectivity index (χ3v) is 5.65. The van der Waals surface area contributed by atoms with Gasteiger partial charge < -0.3 is 5.32 Å². The van der Waals surface area contributed by atoms with Crippen molar-refractivity contribution >= 4 is 20.9 Å². The summed E-state index contributed by atoms with van der Waals surface area (Å²) in [6.45, 7) is 0. The maximum atomic E-state index is 9.85. The number of aliphatic hydroxyl groups excluding tert-OH is 1. The fraction of sp³-hybridized carbons (Fsp3) is 0.938. The van der Waals surface area contributed by atoms with Crippen molar-refractivity contribution in [1.82, 2.24) is 5.32 Å². The van der Waals surface area contributed by atoms with Gasteiger partial charge in [0, 0.05) is 12.1 Å². The van der Waals surface area contributed by atoms with Crippen LogP contribution in [0.5, 0.6) is 0 Å². The Kier molecular flexibility index (Phi) is 10.4. The molecule has 0 amide bonds. The van der Waals surface area contributed by atoms with Gasteiger partial charge in [-0.05, 0) is 25.7 Å². The number of carboxylic acid groups (broad SMARTS) is 1. The van der Waals surface area contributed by atoms with E-state index in [0.29, 0.717) is 5.32 Å². The SMILES string of the molecule is C1CCC(NC2CCCCC2)CC1.C[Se]CC(O)C(=O)O. The molecule has 2 rings (SSSR count). The Morgan fingerprint density at radius 1 is 1.05 bits per heavy atom. The van der Waals surface area contributed by atoms with E-state index >= 15 is 0 Å². The summed E-state index contributed by atoms with van der Waals surface area (Å²) >= 11 is 0.248. The normalized spacial score (nSPS) is 22.2. The molecule has 2 aliphatic carbocycles. The van der Waals surface area contributed by atoms with Crippen LogP contribution in [-0.2, 0) is 4.79 Å². The third-order valence-electron chi connectivity index (χ3n) is 4.29. The number of aliphatic hydroxyl groups is 1. The summed E-state index contributed by atoms with van der Waals surface area (Å²) in [7, 11) is 0. The van der Waals surface area contributed by atoms with Crippen LogP contribution in [0.4, 0.5) is 0 Å². The zero-order chi connectivity index (χ0) is 15.5. The van der Waals surface area contributed by atoms with Crippen molar-refractivity contribution in [3.63, 3.8) is 0 Å². The zero-order valence-electron chi connectivity index (χ0n) is 13.2. The predicted octanol–water partition coefficient (Wildman–Crippen LogP) is 2.84. The van der Waals surface area contributed by atoms with E-state index in [0.717, 1.165) is 12.1 Å². The Bertz CT molecular complexity index is 261. The van der Waals surface area contributed by atoms with Gasteiger partial charge in [-0.1, -0.05) is 38.5 Å². The van der Waals surface area contributed by atoms with Gasteiger partial charge in [-0.2, -0.15) is 0 Å². The van der Waals surface area contributed by atoms with Gasteiger partial charge in [0.2, 0.25) is 0 Å². The molecule has 0 spiro atoms. The van der Waals surface area contributed by atoms with Gasteiger partial charge in [-0.15, -0.1) is 0 Å². The van der Waals surface area contributed by atoms with E-state index in [2.05, 4.69) is 5.32 Å². The molecular formula is C16H31NO3Se. The molecule has 0 aromatic heterocycles. The first-order chi connectivity index (χ1) is 10.1. The Hall–Kier alpha value is -0.0905. The predicted molar refractivity (Wildman–Crippen MR) is 86.9 cm³/mol. The molecule has 21 heavy (non-hydrogen) atoms. The van der Waals surface area contributed by atoms with E-state index in [9.17, 15) is 4.79 Å². The fourth-order valence-electron chi connectivity index (χ4n) is 3.10. The summed E-state index contributed by atoms with van der Waals surface area (Å²) in [5.74, 6) is 0.771. The molecule has 0 aromatic carbocycles. The number of hydrogen-bond donors (Lipinski definition) is 3. The quantitative estimate of drug-likeness (QED) is 0.656. The molecule has 0 radical (unpaired) electrons. The first-order valence-electron chi connectivity index (χ1n) is 8.29. The minimum absolute atomic E-state index is 0.248. The second-order valence-corrected chi connectivity index (χ2v) is 8.06. The summed E-state index contributed by atoms with van der Waals surface area (Å²) in [4.78, 5) is 9.85. The van der Waals surface area contributed by atoms with Gasteiger partial charge in [0.25, 0.3) is 0 Å². The summed E-state index contributed by atoms with van der Waals surface area (Å²) in [6, 6.07) is 1.74. The third kappa shape index (κ3) is 8.82. The second kappa shape index (κ2) is 11.5. The van der Waals surface area contributed by atoms with Crippen LogP contribution in [0, 0.1) is 0 Å². The van der Waals surface area contributed by atoms with E-state index in [4.69, 9.17) is 10.2 Å². The number of hydrogen-bond acceptors (Lipinski definition) is 3. The Labute approximate surface area is 135 Å². The van der Waals surface area contributed by atoms with Crippen molar-refractivity contribution in [2.75, 3.05) is 0 Å². The average Bonchev–Trinajstić information content (AvgIpc) is 2.50. The molecule has 0 heterocycles. The van der Waals surface area contributed by atoms with Gasteiger partial charge in [0.15, 0.2) is 0 Å². The molecule has 4 nitrogen and oxygen atoms in total. The number of aliphatic carboxylic acids is 1. The zero-order valence-corrected chi connectivity index (χ0v) is 14.9. The van der Waals surface area contributed by atoms with Crippen LogP contribution in [0.2, 0.25) is 11.1 Å². The number of carbonyl (C=O) groups is 1. The number of rotatable bonds is 5. The molecule has 2 saturated carbocycles. The fourth-order valence-corrected chi connectivity index (χ4v) is 4.06. The molecule has 2 fully saturated rings. The number of nitrogens with one attached hydrogen (secondary N) is 1. The molecule has 5 heteroatoms. The molecule has 3 N–H and O–H groups in total. The Morgan fingerprint density at radius 2 is 1.48 bits per heavy atom. The maximum absolute atomic E-state index is 9.85. The Balaban J connectivity index is 0.000000240. The van der Waals surface area contributed by atoms with Gasteiger partial charge >= 0.3 is 53.2 Å².